The lowest BCUT2D eigenvalue weighted by Crippen LogP contribution is -2.34. The molecule has 0 bridgehead atoms. The highest BCUT2D eigenvalue weighted by molar-refractivity contribution is 7.86. The molecule has 0 amide bonds. The van der Waals surface area contributed by atoms with Gasteiger partial charge >= 0.3 is 21.3 Å². The van der Waals surface area contributed by atoms with Gasteiger partial charge in [0.25, 0.3) is 0 Å². The first-order valence-electron chi connectivity index (χ1n) is 6.71. The van der Waals surface area contributed by atoms with Crippen molar-refractivity contribution in [2.24, 2.45) is 0 Å². The predicted molar refractivity (Wildman–Crippen MR) is 70.1 cm³/mol. The van der Waals surface area contributed by atoms with Crippen LogP contribution >= 0.6 is 0 Å². The predicted octanol–water partition coefficient (Wildman–Crippen LogP) is 3.15. The van der Waals surface area contributed by atoms with Gasteiger partial charge in [0.15, 0.2) is 6.61 Å². The Morgan fingerprint density at radius 3 is 2.10 bits per heavy atom. The zero-order valence-corrected chi connectivity index (χ0v) is 12.4. The fraction of sp³-hybridized carbons (Fsp3) is 0.917. The minimum atomic E-state index is -5.55. The van der Waals surface area contributed by atoms with Gasteiger partial charge in [-0.05, 0) is 6.42 Å². The molecule has 0 saturated heterocycles. The summed E-state index contributed by atoms with van der Waals surface area (Å²) in [5.74, 6) is -0.887. The van der Waals surface area contributed by atoms with E-state index < -0.39 is 27.9 Å². The number of hydrogen-bond acceptors (Lipinski definition) is 4. The molecule has 0 radical (unpaired) electrons. The van der Waals surface area contributed by atoms with Crippen molar-refractivity contribution in [3.05, 3.63) is 0 Å². The highest BCUT2D eigenvalue weighted by atomic mass is 32.2. The first-order valence-corrected chi connectivity index (χ1v) is 8.15. The van der Waals surface area contributed by atoms with Crippen LogP contribution in [0, 0.1) is 0 Å². The Labute approximate surface area is 118 Å². The second-order valence-electron chi connectivity index (χ2n) is 4.64. The molecule has 0 rings (SSSR count). The van der Waals surface area contributed by atoms with Crippen LogP contribution in [0.5, 0.6) is 0 Å². The standard InChI is InChI=1S/C12H22F2O5S/c1-2-3-4-5-6-7-8-9-11(15)19-10-12(13,14)20(16,17)18/h2-10H2,1H3,(H,16,17,18). The van der Waals surface area contributed by atoms with Gasteiger partial charge in [0.2, 0.25) is 0 Å². The molecule has 0 fully saturated rings. The van der Waals surface area contributed by atoms with Crippen LogP contribution in [0.2, 0.25) is 0 Å². The molecule has 0 aromatic rings. The van der Waals surface area contributed by atoms with E-state index in [1.165, 1.54) is 6.42 Å². The maximum Gasteiger partial charge on any atom is 0.402 e. The smallest absolute Gasteiger partial charge is 0.402 e. The molecule has 1 N–H and O–H groups in total. The van der Waals surface area contributed by atoms with Crippen molar-refractivity contribution in [3.8, 4) is 0 Å². The van der Waals surface area contributed by atoms with Crippen LogP contribution in [0.1, 0.15) is 58.3 Å². The highest BCUT2D eigenvalue weighted by Crippen LogP contribution is 2.21. The van der Waals surface area contributed by atoms with Gasteiger partial charge in [0.1, 0.15) is 0 Å². The van der Waals surface area contributed by atoms with E-state index in [4.69, 9.17) is 4.55 Å². The summed E-state index contributed by atoms with van der Waals surface area (Å²) >= 11 is 0. The van der Waals surface area contributed by atoms with Crippen LogP contribution in [0.4, 0.5) is 8.78 Å². The second-order valence-corrected chi connectivity index (χ2v) is 6.19. The number of ether oxygens (including phenoxy) is 1. The molecule has 0 spiro atoms. The molecule has 120 valence electrons. The Morgan fingerprint density at radius 1 is 1.10 bits per heavy atom. The van der Waals surface area contributed by atoms with Gasteiger partial charge in [-0.15, -0.1) is 0 Å². The van der Waals surface area contributed by atoms with Crippen molar-refractivity contribution in [2.75, 3.05) is 6.61 Å². The van der Waals surface area contributed by atoms with Crippen molar-refractivity contribution >= 4 is 16.1 Å². The average Bonchev–Trinajstić information content (AvgIpc) is 2.34. The van der Waals surface area contributed by atoms with Crippen molar-refractivity contribution in [3.63, 3.8) is 0 Å². The Balaban J connectivity index is 3.70. The van der Waals surface area contributed by atoms with E-state index in [0.717, 1.165) is 32.1 Å². The van der Waals surface area contributed by atoms with Crippen LogP contribution in [0.3, 0.4) is 0 Å². The van der Waals surface area contributed by atoms with E-state index in [2.05, 4.69) is 11.7 Å². The molecule has 0 atom stereocenters. The van der Waals surface area contributed by atoms with Crippen molar-refractivity contribution in [1.82, 2.24) is 0 Å². The molecule has 0 saturated carbocycles. The van der Waals surface area contributed by atoms with Gasteiger partial charge in [-0.25, -0.2) is 0 Å². The number of rotatable bonds is 11. The minimum Gasteiger partial charge on any atom is -0.458 e. The lowest BCUT2D eigenvalue weighted by Gasteiger charge is -2.12. The monoisotopic (exact) mass is 316 g/mol. The molecule has 8 heteroatoms. The third kappa shape index (κ3) is 8.42. The molecule has 5 nitrogen and oxygen atoms in total. The number of hydrogen-bond donors (Lipinski definition) is 1. The number of carbonyl (C=O) groups excluding carboxylic acids is 1. The van der Waals surface area contributed by atoms with E-state index in [9.17, 15) is 22.0 Å². The number of unbranched alkanes of at least 4 members (excludes halogenated alkanes) is 6. The van der Waals surface area contributed by atoms with Gasteiger partial charge in [-0.2, -0.15) is 17.2 Å². The van der Waals surface area contributed by atoms with E-state index in [-0.39, 0.29) is 6.42 Å². The SMILES string of the molecule is CCCCCCCCCC(=O)OCC(F)(F)S(=O)(=O)O. The summed E-state index contributed by atoms with van der Waals surface area (Å²) in [6.07, 6.45) is 6.78. The van der Waals surface area contributed by atoms with Crippen LogP contribution in [-0.4, -0.2) is 30.8 Å². The van der Waals surface area contributed by atoms with E-state index >= 15 is 0 Å². The molecular weight excluding hydrogens is 294 g/mol. The van der Waals surface area contributed by atoms with Gasteiger partial charge in [0.05, 0.1) is 0 Å². The first kappa shape index (κ1) is 19.2. The zero-order chi connectivity index (χ0) is 15.6. The molecular formula is C12H22F2O5S. The largest absolute Gasteiger partial charge is 0.458 e. The molecule has 20 heavy (non-hydrogen) atoms. The third-order valence-electron chi connectivity index (χ3n) is 2.76. The van der Waals surface area contributed by atoms with Gasteiger partial charge < -0.3 is 4.74 Å². The summed E-state index contributed by atoms with van der Waals surface area (Å²) in [5, 5.41) is -4.46. The fourth-order valence-corrected chi connectivity index (χ4v) is 1.75. The topological polar surface area (TPSA) is 80.7 Å². The van der Waals surface area contributed by atoms with Gasteiger partial charge in [0, 0.05) is 6.42 Å². The number of alkyl halides is 2. The summed E-state index contributed by atoms with van der Waals surface area (Å²) in [6, 6.07) is 0. The Morgan fingerprint density at radius 2 is 1.60 bits per heavy atom. The molecule has 0 aliphatic heterocycles. The molecule has 0 unspecified atom stereocenters. The summed E-state index contributed by atoms with van der Waals surface area (Å²) < 4.78 is 58.4. The maximum absolute atomic E-state index is 12.7. The second kappa shape index (κ2) is 9.23. The third-order valence-corrected chi connectivity index (χ3v) is 3.64. The minimum absolute atomic E-state index is 0.0324. The number of halogens is 2. The van der Waals surface area contributed by atoms with Crippen LogP contribution in [0.25, 0.3) is 0 Å². The lowest BCUT2D eigenvalue weighted by atomic mass is 10.1. The van der Waals surface area contributed by atoms with Crippen LogP contribution in [0.15, 0.2) is 0 Å². The van der Waals surface area contributed by atoms with Gasteiger partial charge in [-0.3, -0.25) is 9.35 Å². The normalized spacial score (nSPS) is 12.4. The van der Waals surface area contributed by atoms with Crippen molar-refractivity contribution < 1.29 is 31.3 Å². The summed E-state index contributed by atoms with van der Waals surface area (Å²) in [4.78, 5) is 11.1. The summed E-state index contributed by atoms with van der Waals surface area (Å²) in [5.41, 5.74) is 0. The Bertz CT molecular complexity index is 381. The molecule has 0 heterocycles. The fourth-order valence-electron chi connectivity index (χ4n) is 1.54. The average molecular weight is 316 g/mol. The quantitative estimate of drug-likeness (QED) is 0.360. The van der Waals surface area contributed by atoms with Crippen LogP contribution in [-0.2, 0) is 19.6 Å². The summed E-state index contributed by atoms with van der Waals surface area (Å²) in [6.45, 7) is 0.458. The highest BCUT2D eigenvalue weighted by Gasteiger charge is 2.45. The van der Waals surface area contributed by atoms with Crippen molar-refractivity contribution in [2.45, 2.75) is 63.5 Å². The summed E-state index contributed by atoms with van der Waals surface area (Å²) in [7, 11) is -5.55. The van der Waals surface area contributed by atoms with E-state index in [1.807, 2.05) is 0 Å². The molecule has 0 aromatic carbocycles. The molecule has 0 aromatic heterocycles. The van der Waals surface area contributed by atoms with E-state index in [0.29, 0.717) is 6.42 Å². The van der Waals surface area contributed by atoms with Crippen molar-refractivity contribution in [1.29, 1.82) is 0 Å². The Hall–Kier alpha value is -0.760. The molecule has 0 aliphatic carbocycles. The Kier molecular flexibility index (Phi) is 8.88. The molecule has 0 aliphatic rings. The van der Waals surface area contributed by atoms with Crippen LogP contribution < -0.4 is 0 Å². The zero-order valence-electron chi connectivity index (χ0n) is 11.6. The first-order chi connectivity index (χ1) is 9.20. The number of esters is 1. The lowest BCUT2D eigenvalue weighted by molar-refractivity contribution is -0.149. The van der Waals surface area contributed by atoms with Gasteiger partial charge in [-0.1, -0.05) is 45.4 Å². The van der Waals surface area contributed by atoms with E-state index in [1.54, 1.807) is 0 Å². The number of carbonyl (C=O) groups is 1. The maximum atomic E-state index is 12.7.